The predicted molar refractivity (Wildman–Crippen MR) is 87.6 cm³/mol. The largest absolute Gasteiger partial charge is 0.478 e. The number of anilines is 1. The van der Waals surface area contributed by atoms with Crippen molar-refractivity contribution in [3.05, 3.63) is 34.3 Å². The van der Waals surface area contributed by atoms with Crippen LogP contribution in [0.2, 0.25) is 0 Å². The SMILES string of the molecule is O=C(O)/C=C/c1cc(Br)ccc1N1CCN2CCCC2C1. The summed E-state index contributed by atoms with van der Waals surface area (Å²) >= 11 is 3.46. The Morgan fingerprint density at radius 3 is 3.00 bits per heavy atom. The molecule has 2 aliphatic rings. The lowest BCUT2D eigenvalue weighted by Crippen LogP contribution is -2.50. The average molecular weight is 351 g/mol. The fourth-order valence-corrected chi connectivity index (χ4v) is 3.70. The first-order valence-corrected chi connectivity index (χ1v) is 8.12. The third-order valence-corrected chi connectivity index (χ3v) is 4.82. The zero-order valence-electron chi connectivity index (χ0n) is 11.8. The molecule has 21 heavy (non-hydrogen) atoms. The van der Waals surface area contributed by atoms with Gasteiger partial charge in [0.2, 0.25) is 0 Å². The Bertz CT molecular complexity index is 573. The standard InChI is InChI=1S/C16H19BrN2O2/c17-13-4-5-15(12(10-13)3-6-16(20)21)19-9-8-18-7-1-2-14(18)11-19/h3-6,10,14H,1-2,7-9,11H2,(H,20,21)/b6-3+. The molecule has 5 heteroatoms. The third kappa shape index (κ3) is 3.30. The number of nitrogens with zero attached hydrogens (tertiary/aromatic N) is 2. The van der Waals surface area contributed by atoms with Crippen LogP contribution in [-0.2, 0) is 4.79 Å². The zero-order valence-corrected chi connectivity index (χ0v) is 13.4. The molecule has 2 saturated heterocycles. The lowest BCUT2D eigenvalue weighted by atomic mass is 10.1. The molecule has 2 heterocycles. The van der Waals surface area contributed by atoms with Crippen LogP contribution in [0.3, 0.4) is 0 Å². The summed E-state index contributed by atoms with van der Waals surface area (Å²) in [7, 11) is 0. The molecule has 0 aliphatic carbocycles. The molecule has 0 spiro atoms. The Hall–Kier alpha value is -1.33. The molecular formula is C16H19BrN2O2. The van der Waals surface area contributed by atoms with Crippen LogP contribution in [0.1, 0.15) is 18.4 Å². The first-order chi connectivity index (χ1) is 10.1. The van der Waals surface area contributed by atoms with Crippen LogP contribution in [-0.4, -0.2) is 48.2 Å². The lowest BCUT2D eigenvalue weighted by molar-refractivity contribution is -0.131. The Labute approximate surface area is 133 Å². The van der Waals surface area contributed by atoms with Crippen molar-refractivity contribution in [3.8, 4) is 0 Å². The van der Waals surface area contributed by atoms with E-state index in [1.807, 2.05) is 12.1 Å². The van der Waals surface area contributed by atoms with Crippen molar-refractivity contribution in [1.29, 1.82) is 0 Å². The van der Waals surface area contributed by atoms with E-state index in [1.165, 1.54) is 25.5 Å². The van der Waals surface area contributed by atoms with Crippen molar-refractivity contribution in [2.45, 2.75) is 18.9 Å². The Balaban J connectivity index is 1.85. The number of hydrogen-bond acceptors (Lipinski definition) is 3. The van der Waals surface area contributed by atoms with Crippen LogP contribution in [0.15, 0.2) is 28.7 Å². The number of fused-ring (bicyclic) bond motifs is 1. The van der Waals surface area contributed by atoms with Crippen molar-refractivity contribution < 1.29 is 9.90 Å². The smallest absolute Gasteiger partial charge is 0.328 e. The number of halogens is 1. The predicted octanol–water partition coefficient (Wildman–Crippen LogP) is 2.83. The second-order valence-corrected chi connectivity index (χ2v) is 6.57. The highest BCUT2D eigenvalue weighted by Gasteiger charge is 2.31. The first-order valence-electron chi connectivity index (χ1n) is 7.33. The van der Waals surface area contributed by atoms with E-state index in [9.17, 15) is 4.79 Å². The number of benzene rings is 1. The van der Waals surface area contributed by atoms with Gasteiger partial charge in [0.15, 0.2) is 0 Å². The van der Waals surface area contributed by atoms with Gasteiger partial charge in [0.25, 0.3) is 0 Å². The van der Waals surface area contributed by atoms with E-state index >= 15 is 0 Å². The minimum absolute atomic E-state index is 0.652. The molecule has 0 amide bonds. The number of rotatable bonds is 3. The Morgan fingerprint density at radius 1 is 1.33 bits per heavy atom. The van der Waals surface area contributed by atoms with Crippen LogP contribution in [0.25, 0.3) is 6.08 Å². The van der Waals surface area contributed by atoms with E-state index in [0.29, 0.717) is 6.04 Å². The fourth-order valence-electron chi connectivity index (χ4n) is 3.32. The summed E-state index contributed by atoms with van der Waals surface area (Å²) in [4.78, 5) is 15.7. The van der Waals surface area contributed by atoms with Gasteiger partial charge in [-0.15, -0.1) is 0 Å². The van der Waals surface area contributed by atoms with Gasteiger partial charge < -0.3 is 10.0 Å². The van der Waals surface area contributed by atoms with Gasteiger partial charge in [0, 0.05) is 41.9 Å². The summed E-state index contributed by atoms with van der Waals surface area (Å²) in [5, 5.41) is 8.85. The molecule has 0 radical (unpaired) electrons. The highest BCUT2D eigenvalue weighted by atomic mass is 79.9. The molecule has 2 fully saturated rings. The number of aliphatic carboxylic acids is 1. The maximum Gasteiger partial charge on any atom is 0.328 e. The number of carboxylic acids is 1. The van der Waals surface area contributed by atoms with Gasteiger partial charge in [-0.25, -0.2) is 4.79 Å². The average Bonchev–Trinajstić information content (AvgIpc) is 2.92. The van der Waals surface area contributed by atoms with E-state index in [1.54, 1.807) is 6.08 Å². The molecule has 0 aromatic heterocycles. The van der Waals surface area contributed by atoms with Crippen molar-refractivity contribution >= 4 is 33.7 Å². The molecular weight excluding hydrogens is 332 g/mol. The van der Waals surface area contributed by atoms with Gasteiger partial charge in [-0.2, -0.15) is 0 Å². The normalized spacial score (nSPS) is 22.7. The van der Waals surface area contributed by atoms with Gasteiger partial charge in [0.05, 0.1) is 0 Å². The van der Waals surface area contributed by atoms with Crippen LogP contribution in [0.5, 0.6) is 0 Å². The fraction of sp³-hybridized carbons (Fsp3) is 0.438. The number of carbonyl (C=O) groups is 1. The summed E-state index contributed by atoms with van der Waals surface area (Å²) in [6.45, 7) is 4.37. The monoisotopic (exact) mass is 350 g/mol. The molecule has 1 aromatic rings. The molecule has 0 saturated carbocycles. The Kier molecular flexibility index (Phi) is 4.31. The van der Waals surface area contributed by atoms with Crippen LogP contribution >= 0.6 is 15.9 Å². The molecule has 4 nitrogen and oxygen atoms in total. The maximum absolute atomic E-state index is 10.8. The second-order valence-electron chi connectivity index (χ2n) is 5.65. The highest BCUT2D eigenvalue weighted by molar-refractivity contribution is 9.10. The summed E-state index contributed by atoms with van der Waals surface area (Å²) in [5.41, 5.74) is 2.08. The summed E-state index contributed by atoms with van der Waals surface area (Å²) < 4.78 is 0.968. The molecule has 2 aliphatic heterocycles. The molecule has 112 valence electrons. The van der Waals surface area contributed by atoms with E-state index in [4.69, 9.17) is 5.11 Å². The van der Waals surface area contributed by atoms with E-state index in [0.717, 1.165) is 35.4 Å². The molecule has 3 rings (SSSR count). The van der Waals surface area contributed by atoms with Crippen LogP contribution in [0.4, 0.5) is 5.69 Å². The van der Waals surface area contributed by atoms with Crippen molar-refractivity contribution in [3.63, 3.8) is 0 Å². The maximum atomic E-state index is 10.8. The lowest BCUT2D eigenvalue weighted by Gasteiger charge is -2.39. The van der Waals surface area contributed by atoms with Gasteiger partial charge >= 0.3 is 5.97 Å². The van der Waals surface area contributed by atoms with Gasteiger partial charge in [-0.1, -0.05) is 15.9 Å². The number of carboxylic acid groups (broad SMARTS) is 1. The highest BCUT2D eigenvalue weighted by Crippen LogP contribution is 2.30. The molecule has 1 unspecified atom stereocenters. The summed E-state index contributed by atoms with van der Waals surface area (Å²) in [5.74, 6) is -0.915. The molecule has 0 bridgehead atoms. The number of hydrogen-bond donors (Lipinski definition) is 1. The quantitative estimate of drug-likeness (QED) is 0.851. The van der Waals surface area contributed by atoms with Crippen LogP contribution < -0.4 is 4.90 Å². The van der Waals surface area contributed by atoms with Gasteiger partial charge in [-0.3, -0.25) is 4.90 Å². The van der Waals surface area contributed by atoms with Crippen molar-refractivity contribution in [2.75, 3.05) is 31.1 Å². The Morgan fingerprint density at radius 2 is 2.19 bits per heavy atom. The van der Waals surface area contributed by atoms with E-state index in [2.05, 4.69) is 31.8 Å². The first kappa shape index (κ1) is 14.6. The number of piperazine rings is 1. The van der Waals surface area contributed by atoms with Crippen LogP contribution in [0, 0.1) is 0 Å². The molecule has 1 aromatic carbocycles. The zero-order chi connectivity index (χ0) is 14.8. The minimum Gasteiger partial charge on any atom is -0.478 e. The molecule has 1 N–H and O–H groups in total. The van der Waals surface area contributed by atoms with Gasteiger partial charge in [-0.05, 0) is 49.2 Å². The van der Waals surface area contributed by atoms with Crippen molar-refractivity contribution in [1.82, 2.24) is 4.90 Å². The second kappa shape index (κ2) is 6.20. The summed E-state index contributed by atoms with van der Waals surface area (Å²) in [6, 6.07) is 6.74. The topological polar surface area (TPSA) is 43.8 Å². The molecule has 1 atom stereocenters. The third-order valence-electron chi connectivity index (χ3n) is 4.32. The van der Waals surface area contributed by atoms with E-state index in [-0.39, 0.29) is 0 Å². The minimum atomic E-state index is -0.915. The van der Waals surface area contributed by atoms with Gasteiger partial charge in [0.1, 0.15) is 0 Å². The summed E-state index contributed by atoms with van der Waals surface area (Å²) in [6.07, 6.45) is 5.46. The van der Waals surface area contributed by atoms with E-state index < -0.39 is 5.97 Å². The van der Waals surface area contributed by atoms with Crippen molar-refractivity contribution in [2.24, 2.45) is 0 Å².